The van der Waals surface area contributed by atoms with Gasteiger partial charge in [0.15, 0.2) is 0 Å². The predicted octanol–water partition coefficient (Wildman–Crippen LogP) is 4.57. The summed E-state index contributed by atoms with van der Waals surface area (Å²) < 4.78 is 16.4. The molecule has 0 radical (unpaired) electrons. The number of aromatic amines is 1. The van der Waals surface area contributed by atoms with Crippen LogP contribution in [0.3, 0.4) is 0 Å². The second-order valence-corrected chi connectivity index (χ2v) is 6.20. The number of rotatable bonds is 8. The smallest absolute Gasteiger partial charge is 0.146 e. The molecule has 0 aliphatic carbocycles. The van der Waals surface area contributed by atoms with Gasteiger partial charge in [0.05, 0.1) is 25.8 Å². The van der Waals surface area contributed by atoms with Crippen LogP contribution < -0.4 is 14.2 Å². The summed E-state index contributed by atoms with van der Waals surface area (Å²) in [5, 5.41) is 9.12. The van der Waals surface area contributed by atoms with E-state index in [9.17, 15) is 0 Å². The fourth-order valence-corrected chi connectivity index (χ4v) is 3.11. The van der Waals surface area contributed by atoms with Crippen molar-refractivity contribution in [3.05, 3.63) is 47.8 Å². The van der Waals surface area contributed by atoms with Crippen LogP contribution in [0.5, 0.6) is 17.2 Å². The van der Waals surface area contributed by atoms with E-state index in [2.05, 4.69) is 18.0 Å². The van der Waals surface area contributed by atoms with Crippen molar-refractivity contribution in [1.29, 1.82) is 5.26 Å². The fourth-order valence-electron chi connectivity index (χ4n) is 3.11. The van der Waals surface area contributed by atoms with Crippen molar-refractivity contribution in [2.45, 2.75) is 32.3 Å². The predicted molar refractivity (Wildman–Crippen MR) is 103 cm³/mol. The number of benzene rings is 2. The largest absolute Gasteiger partial charge is 0.497 e. The number of fused-ring (bicyclic) bond motifs is 1. The van der Waals surface area contributed by atoms with Crippen molar-refractivity contribution in [2.75, 3.05) is 14.2 Å². The Balaban J connectivity index is 1.89. The summed E-state index contributed by atoms with van der Waals surface area (Å²) in [6.07, 6.45) is 1.34. The molecule has 6 nitrogen and oxygen atoms in total. The molecule has 1 heterocycles. The Morgan fingerprint density at radius 1 is 1.07 bits per heavy atom. The highest BCUT2D eigenvalue weighted by molar-refractivity contribution is 5.85. The summed E-state index contributed by atoms with van der Waals surface area (Å²) in [6, 6.07) is 13.6. The van der Waals surface area contributed by atoms with E-state index in [0.29, 0.717) is 18.9 Å². The summed E-state index contributed by atoms with van der Waals surface area (Å²) in [6.45, 7) is 2.39. The van der Waals surface area contributed by atoms with Crippen molar-refractivity contribution in [3.8, 4) is 23.3 Å². The van der Waals surface area contributed by atoms with Crippen LogP contribution >= 0.6 is 0 Å². The first-order valence-electron chi connectivity index (χ1n) is 8.89. The Morgan fingerprint density at radius 3 is 2.44 bits per heavy atom. The highest BCUT2D eigenvalue weighted by Crippen LogP contribution is 2.34. The number of methoxy groups -OCH3 is 2. The Morgan fingerprint density at radius 2 is 1.81 bits per heavy atom. The minimum absolute atomic E-state index is 0.141. The van der Waals surface area contributed by atoms with Gasteiger partial charge in [-0.3, -0.25) is 0 Å². The summed E-state index contributed by atoms with van der Waals surface area (Å²) in [4.78, 5) is 8.03. The van der Waals surface area contributed by atoms with Crippen molar-refractivity contribution in [3.63, 3.8) is 0 Å². The number of aromatic nitrogens is 2. The minimum Gasteiger partial charge on any atom is -0.497 e. The van der Waals surface area contributed by atoms with Gasteiger partial charge in [-0.2, -0.15) is 5.26 Å². The third-order valence-corrected chi connectivity index (χ3v) is 4.61. The Hall–Kier alpha value is -3.20. The Bertz CT molecular complexity index is 942. The molecule has 140 valence electrons. The number of hydrogen-bond acceptors (Lipinski definition) is 5. The van der Waals surface area contributed by atoms with Gasteiger partial charge in [0.1, 0.15) is 35.2 Å². The molecule has 3 rings (SSSR count). The molecule has 1 N–H and O–H groups in total. The summed E-state index contributed by atoms with van der Waals surface area (Å²) >= 11 is 0. The maximum Gasteiger partial charge on any atom is 0.146 e. The van der Waals surface area contributed by atoms with Crippen LogP contribution in [0.2, 0.25) is 0 Å². The number of nitriles is 1. The van der Waals surface area contributed by atoms with Crippen LogP contribution in [0.25, 0.3) is 11.0 Å². The SMILES string of the molecule is CCC(CC#N)c1ccc(OC)c2[nH]c(COc3ccc(OC)cc3)nc12. The van der Waals surface area contributed by atoms with Crippen molar-refractivity contribution in [2.24, 2.45) is 0 Å². The molecule has 3 aromatic rings. The first-order chi connectivity index (χ1) is 13.2. The van der Waals surface area contributed by atoms with Crippen LogP contribution in [-0.2, 0) is 6.61 Å². The molecule has 1 unspecified atom stereocenters. The van der Waals surface area contributed by atoms with Crippen molar-refractivity contribution >= 4 is 11.0 Å². The number of H-pyrrole nitrogens is 1. The van der Waals surface area contributed by atoms with Gasteiger partial charge < -0.3 is 19.2 Å². The Labute approximate surface area is 158 Å². The summed E-state index contributed by atoms with van der Waals surface area (Å²) in [7, 11) is 3.26. The molecule has 0 amide bonds. The molecule has 1 aromatic heterocycles. The maximum atomic E-state index is 9.12. The van der Waals surface area contributed by atoms with Crippen LogP contribution in [0, 0.1) is 11.3 Å². The van der Waals surface area contributed by atoms with Gasteiger partial charge >= 0.3 is 0 Å². The molecular formula is C21H23N3O3. The molecule has 0 spiro atoms. The number of ether oxygens (including phenoxy) is 3. The van der Waals surface area contributed by atoms with Gasteiger partial charge in [0, 0.05) is 6.42 Å². The van der Waals surface area contributed by atoms with Gasteiger partial charge in [-0.15, -0.1) is 0 Å². The van der Waals surface area contributed by atoms with Crippen LogP contribution in [0.15, 0.2) is 36.4 Å². The molecule has 0 saturated carbocycles. The topological polar surface area (TPSA) is 80.2 Å². The van der Waals surface area contributed by atoms with E-state index in [0.717, 1.165) is 40.3 Å². The molecule has 0 aliphatic heterocycles. The molecular weight excluding hydrogens is 342 g/mol. The summed E-state index contributed by atoms with van der Waals surface area (Å²) in [5.74, 6) is 3.09. The van der Waals surface area contributed by atoms with Crippen LogP contribution in [0.1, 0.15) is 37.1 Å². The number of nitrogens with zero attached hydrogens (tertiary/aromatic N) is 2. The van der Waals surface area contributed by atoms with Gasteiger partial charge in [-0.25, -0.2) is 4.98 Å². The number of imidazole rings is 1. The third kappa shape index (κ3) is 3.98. The first-order valence-corrected chi connectivity index (χ1v) is 8.89. The van der Waals surface area contributed by atoms with Crippen molar-refractivity contribution < 1.29 is 14.2 Å². The number of hydrogen-bond donors (Lipinski definition) is 1. The lowest BCUT2D eigenvalue weighted by atomic mass is 9.92. The monoisotopic (exact) mass is 365 g/mol. The van der Waals surface area contributed by atoms with Gasteiger partial charge in [0.2, 0.25) is 0 Å². The zero-order valence-corrected chi connectivity index (χ0v) is 15.8. The molecule has 0 fully saturated rings. The Kier molecular flexibility index (Phi) is 5.82. The second kappa shape index (κ2) is 8.45. The van der Waals surface area contributed by atoms with E-state index in [-0.39, 0.29) is 5.92 Å². The van der Waals surface area contributed by atoms with E-state index < -0.39 is 0 Å². The van der Waals surface area contributed by atoms with E-state index in [1.807, 2.05) is 36.4 Å². The standard InChI is InChI=1S/C21H23N3O3/c1-4-14(11-12-22)17-9-10-18(26-3)21-20(17)23-19(24-21)13-27-16-7-5-15(25-2)6-8-16/h5-10,14H,4,11,13H2,1-3H3,(H,23,24). The highest BCUT2D eigenvalue weighted by atomic mass is 16.5. The lowest BCUT2D eigenvalue weighted by molar-refractivity contribution is 0.297. The van der Waals surface area contributed by atoms with Gasteiger partial charge in [0.25, 0.3) is 0 Å². The average molecular weight is 365 g/mol. The molecule has 1 atom stereocenters. The number of nitrogens with one attached hydrogen (secondary N) is 1. The summed E-state index contributed by atoms with van der Waals surface area (Å²) in [5.41, 5.74) is 2.73. The van der Waals surface area contributed by atoms with E-state index >= 15 is 0 Å². The molecule has 0 aliphatic rings. The first kappa shape index (κ1) is 18.6. The maximum absolute atomic E-state index is 9.12. The zero-order chi connectivity index (χ0) is 19.2. The zero-order valence-electron chi connectivity index (χ0n) is 15.8. The second-order valence-electron chi connectivity index (χ2n) is 6.20. The highest BCUT2D eigenvalue weighted by Gasteiger charge is 2.18. The van der Waals surface area contributed by atoms with Crippen molar-refractivity contribution in [1.82, 2.24) is 9.97 Å². The quantitative estimate of drug-likeness (QED) is 0.633. The molecule has 27 heavy (non-hydrogen) atoms. The normalized spacial score (nSPS) is 11.8. The lowest BCUT2D eigenvalue weighted by Crippen LogP contribution is -1.99. The average Bonchev–Trinajstić information content (AvgIpc) is 3.14. The van der Waals surface area contributed by atoms with E-state index in [4.69, 9.17) is 24.5 Å². The molecule has 6 heteroatoms. The van der Waals surface area contributed by atoms with Gasteiger partial charge in [-0.05, 0) is 48.2 Å². The third-order valence-electron chi connectivity index (χ3n) is 4.61. The van der Waals surface area contributed by atoms with E-state index in [1.165, 1.54) is 0 Å². The van der Waals surface area contributed by atoms with Gasteiger partial charge in [-0.1, -0.05) is 13.0 Å². The molecule has 0 saturated heterocycles. The molecule has 0 bridgehead atoms. The van der Waals surface area contributed by atoms with Crippen LogP contribution in [0.4, 0.5) is 0 Å². The molecule has 2 aromatic carbocycles. The van der Waals surface area contributed by atoms with E-state index in [1.54, 1.807) is 14.2 Å². The minimum atomic E-state index is 0.141. The van der Waals surface area contributed by atoms with Crippen LogP contribution in [-0.4, -0.2) is 24.2 Å². The fraction of sp³-hybridized carbons (Fsp3) is 0.333. The lowest BCUT2D eigenvalue weighted by Gasteiger charge is -2.13.